The second kappa shape index (κ2) is 7.35. The van der Waals surface area contributed by atoms with Gasteiger partial charge in [-0.05, 0) is 62.0 Å². The van der Waals surface area contributed by atoms with Crippen LogP contribution in [0.15, 0.2) is 47.5 Å². The minimum absolute atomic E-state index is 0.0403. The number of aliphatic imine (C=N–C) groups is 1. The molecule has 132 valence electrons. The number of aryl methyl sites for hydroxylation is 2. The summed E-state index contributed by atoms with van der Waals surface area (Å²) in [6.45, 7) is 3.92. The zero-order valence-corrected chi connectivity index (χ0v) is 15.8. The van der Waals surface area contributed by atoms with E-state index in [-0.39, 0.29) is 5.11 Å². The lowest BCUT2D eigenvalue weighted by atomic mass is 10.1. The molecule has 2 aromatic rings. The van der Waals surface area contributed by atoms with Crippen LogP contribution in [-0.2, 0) is 9.59 Å². The second-order valence-corrected chi connectivity index (χ2v) is 6.81. The third-order valence-corrected chi connectivity index (χ3v) is 4.54. The average molecular weight is 386 g/mol. The van der Waals surface area contributed by atoms with E-state index in [1.54, 1.807) is 24.3 Å². The maximum absolute atomic E-state index is 12.8. The number of thiocarbonyl (C=S) groups is 1. The number of nitrogens with zero attached hydrogens (tertiary/aromatic N) is 2. The van der Waals surface area contributed by atoms with E-state index < -0.39 is 17.7 Å². The topological polar surface area (TPSA) is 61.8 Å². The van der Waals surface area contributed by atoms with Crippen molar-refractivity contribution in [3.05, 3.63) is 58.6 Å². The Bertz CT molecular complexity index is 925. The first kappa shape index (κ1) is 18.2. The van der Waals surface area contributed by atoms with Gasteiger partial charge >= 0.3 is 0 Å². The van der Waals surface area contributed by atoms with Crippen molar-refractivity contribution in [3.8, 4) is 0 Å². The van der Waals surface area contributed by atoms with Gasteiger partial charge in [-0.2, -0.15) is 0 Å². The van der Waals surface area contributed by atoms with E-state index in [2.05, 4.69) is 10.3 Å². The highest BCUT2D eigenvalue weighted by molar-refractivity contribution is 7.80. The van der Waals surface area contributed by atoms with Gasteiger partial charge in [0.25, 0.3) is 5.91 Å². The van der Waals surface area contributed by atoms with Crippen molar-refractivity contribution in [2.45, 2.75) is 13.8 Å². The number of amides is 2. The van der Waals surface area contributed by atoms with Crippen molar-refractivity contribution >= 4 is 58.3 Å². The van der Waals surface area contributed by atoms with E-state index in [0.29, 0.717) is 16.4 Å². The molecule has 1 N–H and O–H groups in total. The summed E-state index contributed by atoms with van der Waals surface area (Å²) in [6.07, 6.45) is 1.36. The van der Waals surface area contributed by atoms with Crippen molar-refractivity contribution in [2.75, 3.05) is 4.90 Å². The Morgan fingerprint density at radius 1 is 1.15 bits per heavy atom. The smallest absolute Gasteiger partial charge is 0.251 e. The standard InChI is InChI=1S/C19H16ClN3O2S/c1-11-3-8-16(12(2)9-11)21-10-15-17(24)22-19(26)23(18(15)25)14-6-4-13(20)5-7-14/h3-10,15H,1-2H3,(H,22,24,26)/t15-/m0/s1. The third-order valence-electron chi connectivity index (χ3n) is 4.00. The van der Waals surface area contributed by atoms with Crippen LogP contribution in [0.4, 0.5) is 11.4 Å². The molecular formula is C19H16ClN3O2S. The molecule has 2 amide bonds. The lowest BCUT2D eigenvalue weighted by molar-refractivity contribution is -0.130. The Morgan fingerprint density at radius 3 is 2.50 bits per heavy atom. The molecule has 3 rings (SSSR count). The number of carbonyl (C=O) groups is 2. The molecule has 1 atom stereocenters. The Kier molecular flexibility index (Phi) is 5.15. The van der Waals surface area contributed by atoms with Crippen molar-refractivity contribution in [3.63, 3.8) is 0 Å². The van der Waals surface area contributed by atoms with Crippen molar-refractivity contribution in [1.82, 2.24) is 5.32 Å². The first-order chi connectivity index (χ1) is 12.4. The van der Waals surface area contributed by atoms with Gasteiger partial charge in [-0.1, -0.05) is 29.3 Å². The van der Waals surface area contributed by atoms with Gasteiger partial charge in [0.1, 0.15) is 0 Å². The van der Waals surface area contributed by atoms with Crippen LogP contribution in [0, 0.1) is 19.8 Å². The van der Waals surface area contributed by atoms with Crippen LogP contribution in [0.3, 0.4) is 0 Å². The molecule has 0 aliphatic carbocycles. The van der Waals surface area contributed by atoms with Crippen LogP contribution < -0.4 is 10.2 Å². The number of benzene rings is 2. The Hall–Kier alpha value is -2.57. The zero-order valence-electron chi connectivity index (χ0n) is 14.2. The summed E-state index contributed by atoms with van der Waals surface area (Å²) in [5, 5.41) is 3.14. The minimum Gasteiger partial charge on any atom is -0.301 e. The van der Waals surface area contributed by atoms with Crippen LogP contribution in [-0.4, -0.2) is 23.1 Å². The van der Waals surface area contributed by atoms with Crippen LogP contribution in [0.2, 0.25) is 5.02 Å². The normalized spacial score (nSPS) is 17.7. The van der Waals surface area contributed by atoms with Crippen LogP contribution in [0.1, 0.15) is 11.1 Å². The van der Waals surface area contributed by atoms with E-state index >= 15 is 0 Å². The summed E-state index contributed by atoms with van der Waals surface area (Å²) in [5.74, 6) is -1.99. The van der Waals surface area contributed by atoms with Crippen molar-refractivity contribution in [1.29, 1.82) is 0 Å². The van der Waals surface area contributed by atoms with E-state index in [9.17, 15) is 9.59 Å². The SMILES string of the molecule is Cc1ccc(N=C[C@H]2C(=O)NC(=S)N(c3ccc(Cl)cc3)C2=O)c(C)c1. The predicted molar refractivity (Wildman–Crippen MR) is 107 cm³/mol. The molecule has 1 aliphatic heterocycles. The van der Waals surface area contributed by atoms with Crippen LogP contribution >= 0.6 is 23.8 Å². The Labute approximate surface area is 161 Å². The number of hydrogen-bond donors (Lipinski definition) is 1. The van der Waals surface area contributed by atoms with Gasteiger partial charge in [0.2, 0.25) is 5.91 Å². The number of hydrogen-bond acceptors (Lipinski definition) is 4. The van der Waals surface area contributed by atoms with Gasteiger partial charge in [-0.15, -0.1) is 0 Å². The summed E-state index contributed by atoms with van der Waals surface area (Å²) < 4.78 is 0. The highest BCUT2D eigenvalue weighted by Gasteiger charge is 2.38. The quantitative estimate of drug-likeness (QED) is 0.497. The molecule has 1 fully saturated rings. The summed E-state index contributed by atoms with van der Waals surface area (Å²) in [6, 6.07) is 12.4. The van der Waals surface area contributed by atoms with Crippen molar-refractivity contribution in [2.24, 2.45) is 10.9 Å². The Balaban J connectivity index is 1.90. The summed E-state index contributed by atoms with van der Waals surface area (Å²) in [5.41, 5.74) is 3.33. The molecule has 5 nitrogen and oxygen atoms in total. The number of nitrogens with one attached hydrogen (secondary N) is 1. The predicted octanol–water partition coefficient (Wildman–Crippen LogP) is 3.72. The fourth-order valence-corrected chi connectivity index (χ4v) is 3.08. The molecule has 7 heteroatoms. The number of anilines is 1. The lowest BCUT2D eigenvalue weighted by Gasteiger charge is -2.30. The molecule has 1 aliphatic rings. The second-order valence-electron chi connectivity index (χ2n) is 5.99. The molecule has 0 saturated carbocycles. The number of carbonyl (C=O) groups excluding carboxylic acids is 2. The van der Waals surface area contributed by atoms with Gasteiger partial charge in [0.15, 0.2) is 11.0 Å². The van der Waals surface area contributed by atoms with E-state index in [1.807, 2.05) is 32.0 Å². The lowest BCUT2D eigenvalue weighted by Crippen LogP contribution is -2.58. The molecule has 0 spiro atoms. The maximum atomic E-state index is 12.8. The summed E-state index contributed by atoms with van der Waals surface area (Å²) in [7, 11) is 0. The third kappa shape index (κ3) is 3.66. The average Bonchev–Trinajstić information content (AvgIpc) is 2.57. The fraction of sp³-hybridized carbons (Fsp3) is 0.158. The van der Waals surface area contributed by atoms with Crippen molar-refractivity contribution < 1.29 is 9.59 Å². The number of rotatable bonds is 3. The molecule has 1 heterocycles. The molecular weight excluding hydrogens is 370 g/mol. The van der Waals surface area contributed by atoms with Gasteiger partial charge < -0.3 is 5.32 Å². The molecule has 1 saturated heterocycles. The number of halogens is 1. The monoisotopic (exact) mass is 385 g/mol. The summed E-state index contributed by atoms with van der Waals surface area (Å²) >= 11 is 11.0. The van der Waals surface area contributed by atoms with Gasteiger partial charge in [0.05, 0.1) is 11.4 Å². The zero-order chi connectivity index (χ0) is 18.8. The van der Waals surface area contributed by atoms with Gasteiger partial charge in [-0.25, -0.2) is 0 Å². The molecule has 2 aromatic carbocycles. The highest BCUT2D eigenvalue weighted by Crippen LogP contribution is 2.24. The first-order valence-electron chi connectivity index (χ1n) is 7.92. The molecule has 26 heavy (non-hydrogen) atoms. The molecule has 0 radical (unpaired) electrons. The molecule has 0 aromatic heterocycles. The summed E-state index contributed by atoms with van der Waals surface area (Å²) in [4.78, 5) is 30.7. The minimum atomic E-state index is -1.06. The van der Waals surface area contributed by atoms with Crippen LogP contribution in [0.25, 0.3) is 0 Å². The maximum Gasteiger partial charge on any atom is 0.251 e. The highest BCUT2D eigenvalue weighted by atomic mass is 35.5. The van der Waals surface area contributed by atoms with E-state index in [0.717, 1.165) is 11.1 Å². The first-order valence-corrected chi connectivity index (χ1v) is 8.71. The van der Waals surface area contributed by atoms with Gasteiger partial charge in [0, 0.05) is 11.2 Å². The fourth-order valence-electron chi connectivity index (χ4n) is 2.66. The van der Waals surface area contributed by atoms with E-state index in [1.165, 1.54) is 11.1 Å². The Morgan fingerprint density at radius 2 is 1.85 bits per heavy atom. The largest absolute Gasteiger partial charge is 0.301 e. The van der Waals surface area contributed by atoms with E-state index in [4.69, 9.17) is 23.8 Å². The van der Waals surface area contributed by atoms with Gasteiger partial charge in [-0.3, -0.25) is 19.5 Å². The molecule has 0 bridgehead atoms. The van der Waals surface area contributed by atoms with Crippen LogP contribution in [0.5, 0.6) is 0 Å². The molecule has 0 unspecified atom stereocenters.